The molecular weight excluding hydrogens is 263 g/mol. The summed E-state index contributed by atoms with van der Waals surface area (Å²) in [6, 6.07) is 8.98. The Morgan fingerprint density at radius 2 is 1.95 bits per heavy atom. The van der Waals surface area contributed by atoms with E-state index in [-0.39, 0.29) is 17.9 Å². The van der Waals surface area contributed by atoms with Crippen LogP contribution in [0, 0.1) is 5.82 Å². The normalized spacial score (nSPS) is 10.3. The van der Waals surface area contributed by atoms with Gasteiger partial charge in [0, 0.05) is 13.2 Å². The van der Waals surface area contributed by atoms with Crippen LogP contribution in [-0.4, -0.2) is 28.6 Å². The lowest BCUT2D eigenvalue weighted by Gasteiger charge is -2.18. The fraction of sp³-hybridized carbons (Fsp3) is 0.143. The van der Waals surface area contributed by atoms with E-state index in [9.17, 15) is 14.0 Å². The summed E-state index contributed by atoms with van der Waals surface area (Å²) in [5.74, 6) is -2.04. The molecule has 0 aliphatic carbocycles. The van der Waals surface area contributed by atoms with Crippen molar-refractivity contribution >= 4 is 17.6 Å². The van der Waals surface area contributed by atoms with Gasteiger partial charge in [0.1, 0.15) is 18.1 Å². The van der Waals surface area contributed by atoms with E-state index in [2.05, 4.69) is 0 Å². The van der Waals surface area contributed by atoms with Gasteiger partial charge >= 0.3 is 5.97 Å². The van der Waals surface area contributed by atoms with E-state index in [1.165, 1.54) is 42.1 Å². The Bertz CT molecular complexity index is 651. The molecule has 0 fully saturated rings. The van der Waals surface area contributed by atoms with Crippen LogP contribution in [-0.2, 0) is 11.3 Å². The van der Waals surface area contributed by atoms with Crippen LogP contribution in [0.2, 0.25) is 0 Å². The third-order valence-corrected chi connectivity index (χ3v) is 2.87. The SMILES string of the molecule is CN(C(=O)c1cccn1CC(=O)O)c1ccccc1F. The third-order valence-electron chi connectivity index (χ3n) is 2.87. The van der Waals surface area contributed by atoms with Crippen LogP contribution in [0.5, 0.6) is 0 Å². The first-order chi connectivity index (χ1) is 9.50. The molecule has 0 saturated carbocycles. The molecule has 20 heavy (non-hydrogen) atoms. The van der Waals surface area contributed by atoms with Crippen molar-refractivity contribution in [3.05, 3.63) is 54.1 Å². The second kappa shape index (κ2) is 5.56. The van der Waals surface area contributed by atoms with Crippen molar-refractivity contribution in [1.82, 2.24) is 4.57 Å². The maximum atomic E-state index is 13.7. The number of hydrogen-bond acceptors (Lipinski definition) is 2. The van der Waals surface area contributed by atoms with Crippen LogP contribution in [0.4, 0.5) is 10.1 Å². The van der Waals surface area contributed by atoms with Gasteiger partial charge in [0.05, 0.1) is 5.69 Å². The molecule has 1 amide bonds. The van der Waals surface area contributed by atoms with Crippen molar-refractivity contribution in [2.75, 3.05) is 11.9 Å². The predicted molar refractivity (Wildman–Crippen MR) is 71.2 cm³/mol. The molecule has 2 rings (SSSR count). The van der Waals surface area contributed by atoms with Gasteiger partial charge in [0.25, 0.3) is 5.91 Å². The number of carboxylic acids is 1. The molecule has 6 heteroatoms. The van der Waals surface area contributed by atoms with E-state index in [1.54, 1.807) is 12.1 Å². The second-order valence-electron chi connectivity index (χ2n) is 4.23. The zero-order chi connectivity index (χ0) is 14.7. The van der Waals surface area contributed by atoms with Gasteiger partial charge in [0.2, 0.25) is 0 Å². The molecule has 0 aliphatic rings. The van der Waals surface area contributed by atoms with Crippen LogP contribution in [0.15, 0.2) is 42.6 Å². The quantitative estimate of drug-likeness (QED) is 0.928. The van der Waals surface area contributed by atoms with Crippen LogP contribution < -0.4 is 4.90 Å². The zero-order valence-electron chi connectivity index (χ0n) is 10.8. The van der Waals surface area contributed by atoms with Crippen LogP contribution >= 0.6 is 0 Å². The Morgan fingerprint density at radius 1 is 1.25 bits per heavy atom. The Labute approximate surface area is 114 Å². The topological polar surface area (TPSA) is 62.5 Å². The van der Waals surface area contributed by atoms with Gasteiger partial charge in [-0.3, -0.25) is 9.59 Å². The highest BCUT2D eigenvalue weighted by Gasteiger charge is 2.19. The minimum Gasteiger partial charge on any atom is -0.480 e. The van der Waals surface area contributed by atoms with E-state index in [4.69, 9.17) is 5.11 Å². The van der Waals surface area contributed by atoms with Crippen molar-refractivity contribution in [2.45, 2.75) is 6.54 Å². The first-order valence-corrected chi connectivity index (χ1v) is 5.90. The second-order valence-corrected chi connectivity index (χ2v) is 4.23. The smallest absolute Gasteiger partial charge is 0.323 e. The molecule has 0 atom stereocenters. The Balaban J connectivity index is 2.30. The molecule has 104 valence electrons. The number of carboxylic acid groups (broad SMARTS) is 1. The van der Waals surface area contributed by atoms with Crippen molar-refractivity contribution in [2.24, 2.45) is 0 Å². The Kier molecular flexibility index (Phi) is 3.84. The van der Waals surface area contributed by atoms with E-state index >= 15 is 0 Å². The molecule has 0 bridgehead atoms. The standard InChI is InChI=1S/C14H13FN2O3/c1-16(11-6-3-2-5-10(11)15)14(20)12-7-4-8-17(12)9-13(18)19/h2-8H,9H2,1H3,(H,18,19). The van der Waals surface area contributed by atoms with E-state index in [0.717, 1.165) is 4.90 Å². The van der Waals surface area contributed by atoms with Crippen molar-refractivity contribution in [3.63, 3.8) is 0 Å². The maximum absolute atomic E-state index is 13.7. The number of amides is 1. The number of carbonyl (C=O) groups excluding carboxylic acids is 1. The first kappa shape index (κ1) is 13.8. The van der Waals surface area contributed by atoms with Crippen molar-refractivity contribution in [1.29, 1.82) is 0 Å². The number of carbonyl (C=O) groups is 2. The van der Waals surface area contributed by atoms with E-state index in [1.807, 2.05) is 0 Å². The number of aromatic nitrogens is 1. The highest BCUT2D eigenvalue weighted by atomic mass is 19.1. The summed E-state index contributed by atoms with van der Waals surface area (Å²) in [4.78, 5) is 24.2. The van der Waals surface area contributed by atoms with Crippen LogP contribution in [0.1, 0.15) is 10.5 Å². The molecule has 0 aliphatic heterocycles. The molecule has 0 spiro atoms. The van der Waals surface area contributed by atoms with E-state index in [0.29, 0.717) is 0 Å². The minimum absolute atomic E-state index is 0.139. The molecule has 1 N–H and O–H groups in total. The summed E-state index contributed by atoms with van der Waals surface area (Å²) in [5.41, 5.74) is 0.332. The molecule has 1 heterocycles. The van der Waals surface area contributed by atoms with Gasteiger partial charge in [-0.05, 0) is 24.3 Å². The lowest BCUT2D eigenvalue weighted by atomic mass is 10.2. The molecule has 0 saturated heterocycles. The highest BCUT2D eigenvalue weighted by molar-refractivity contribution is 6.04. The Hall–Kier alpha value is -2.63. The van der Waals surface area contributed by atoms with Gasteiger partial charge < -0.3 is 14.6 Å². The average Bonchev–Trinajstić information content (AvgIpc) is 2.85. The van der Waals surface area contributed by atoms with Gasteiger partial charge in [-0.25, -0.2) is 4.39 Å². The number of hydrogen-bond donors (Lipinski definition) is 1. The Morgan fingerprint density at radius 3 is 2.60 bits per heavy atom. The molecule has 0 radical (unpaired) electrons. The van der Waals surface area contributed by atoms with Crippen molar-refractivity contribution < 1.29 is 19.1 Å². The monoisotopic (exact) mass is 276 g/mol. The lowest BCUT2D eigenvalue weighted by Crippen LogP contribution is -2.29. The van der Waals surface area contributed by atoms with Gasteiger partial charge in [-0.2, -0.15) is 0 Å². The van der Waals surface area contributed by atoms with E-state index < -0.39 is 17.7 Å². The maximum Gasteiger partial charge on any atom is 0.323 e. The first-order valence-electron chi connectivity index (χ1n) is 5.90. The lowest BCUT2D eigenvalue weighted by molar-refractivity contribution is -0.137. The molecule has 2 aromatic rings. The number of para-hydroxylation sites is 1. The molecule has 1 aromatic carbocycles. The number of halogens is 1. The summed E-state index contributed by atoms with van der Waals surface area (Å²) in [7, 11) is 1.44. The van der Waals surface area contributed by atoms with Gasteiger partial charge in [-0.15, -0.1) is 0 Å². The van der Waals surface area contributed by atoms with Crippen LogP contribution in [0.25, 0.3) is 0 Å². The fourth-order valence-corrected chi connectivity index (χ4v) is 1.90. The number of aliphatic carboxylic acids is 1. The number of benzene rings is 1. The summed E-state index contributed by atoms with van der Waals surface area (Å²) in [5, 5.41) is 8.79. The molecule has 0 unspecified atom stereocenters. The minimum atomic E-state index is -1.05. The fourth-order valence-electron chi connectivity index (χ4n) is 1.90. The zero-order valence-corrected chi connectivity index (χ0v) is 10.8. The highest BCUT2D eigenvalue weighted by Crippen LogP contribution is 2.19. The third kappa shape index (κ3) is 2.69. The van der Waals surface area contributed by atoms with Gasteiger partial charge in [0.15, 0.2) is 0 Å². The largest absolute Gasteiger partial charge is 0.480 e. The number of anilines is 1. The summed E-state index contributed by atoms with van der Waals surface area (Å²) >= 11 is 0. The molecule has 1 aromatic heterocycles. The average molecular weight is 276 g/mol. The number of nitrogens with zero attached hydrogens (tertiary/aromatic N) is 2. The molecular formula is C14H13FN2O3. The van der Waals surface area contributed by atoms with Gasteiger partial charge in [-0.1, -0.05) is 12.1 Å². The summed E-state index contributed by atoms with van der Waals surface area (Å²) < 4.78 is 15.0. The van der Waals surface area contributed by atoms with Crippen molar-refractivity contribution in [3.8, 4) is 0 Å². The van der Waals surface area contributed by atoms with Crippen LogP contribution in [0.3, 0.4) is 0 Å². The summed E-state index contributed by atoms with van der Waals surface area (Å²) in [6.07, 6.45) is 1.50. The number of rotatable bonds is 4. The molecule has 5 nitrogen and oxygen atoms in total. The summed E-state index contributed by atoms with van der Waals surface area (Å²) in [6.45, 7) is -0.320. The predicted octanol–water partition coefficient (Wildman–Crippen LogP) is 1.99.